The fourth-order valence-corrected chi connectivity index (χ4v) is 4.71. The van der Waals surface area contributed by atoms with Gasteiger partial charge in [0.05, 0.1) is 6.61 Å². The first kappa shape index (κ1) is 21.8. The second-order valence-corrected chi connectivity index (χ2v) is 8.99. The standard InChI is InChI=1S/C26H33FN2O2/c27-24-10-11-25(31-19-21-5-2-1-3-6-21)22(17-24)9-8-20-12-15-29(16-13-20)18-23-7-4-14-28-26(23)30/h4,7-11,14,17,20-21H,1-3,5-6,12-13,15-16,18-19H2,(H,28,30)/b9-8+. The lowest BCUT2D eigenvalue weighted by atomic mass is 9.90. The van der Waals surface area contributed by atoms with Crippen LogP contribution in [-0.4, -0.2) is 29.6 Å². The molecule has 1 saturated heterocycles. The van der Waals surface area contributed by atoms with Gasteiger partial charge in [0.15, 0.2) is 0 Å². The molecule has 31 heavy (non-hydrogen) atoms. The number of ether oxygens (including phenoxy) is 1. The molecule has 0 radical (unpaired) electrons. The first-order chi connectivity index (χ1) is 15.2. The molecule has 1 N–H and O–H groups in total. The Hall–Kier alpha value is -2.40. The van der Waals surface area contributed by atoms with E-state index in [0.717, 1.165) is 49.4 Å². The fourth-order valence-electron chi connectivity index (χ4n) is 4.71. The van der Waals surface area contributed by atoms with E-state index in [4.69, 9.17) is 4.74 Å². The Morgan fingerprint density at radius 1 is 1.10 bits per heavy atom. The maximum atomic E-state index is 13.9. The molecular formula is C26H33FN2O2. The van der Waals surface area contributed by atoms with Crippen molar-refractivity contribution < 1.29 is 9.13 Å². The molecule has 2 fully saturated rings. The van der Waals surface area contributed by atoms with Crippen LogP contribution in [0.3, 0.4) is 0 Å². The number of halogens is 1. The molecule has 1 aromatic carbocycles. The third kappa shape index (κ3) is 6.30. The molecule has 0 atom stereocenters. The van der Waals surface area contributed by atoms with Crippen LogP contribution in [0.4, 0.5) is 4.39 Å². The number of benzene rings is 1. The minimum Gasteiger partial charge on any atom is -0.493 e. The average molecular weight is 425 g/mol. The van der Waals surface area contributed by atoms with Crippen molar-refractivity contribution in [2.45, 2.75) is 51.5 Å². The van der Waals surface area contributed by atoms with Crippen LogP contribution in [0.15, 0.2) is 47.4 Å². The number of H-pyrrole nitrogens is 1. The van der Waals surface area contributed by atoms with E-state index in [2.05, 4.69) is 16.0 Å². The SMILES string of the molecule is O=c1[nH]cccc1CN1CCC(/C=C/c2cc(F)ccc2OCC2CCCCC2)CC1. The topological polar surface area (TPSA) is 45.3 Å². The summed E-state index contributed by atoms with van der Waals surface area (Å²) < 4.78 is 20.0. The zero-order valence-corrected chi connectivity index (χ0v) is 18.2. The van der Waals surface area contributed by atoms with E-state index >= 15 is 0 Å². The average Bonchev–Trinajstić information content (AvgIpc) is 2.80. The van der Waals surface area contributed by atoms with Crippen LogP contribution >= 0.6 is 0 Å². The van der Waals surface area contributed by atoms with Crippen LogP contribution in [0.1, 0.15) is 56.1 Å². The number of piperidine rings is 1. The number of hydrogen-bond donors (Lipinski definition) is 1. The zero-order chi connectivity index (χ0) is 21.5. The summed E-state index contributed by atoms with van der Waals surface area (Å²) in [5.74, 6) is 1.63. The van der Waals surface area contributed by atoms with E-state index in [9.17, 15) is 9.18 Å². The molecular weight excluding hydrogens is 391 g/mol. The highest BCUT2D eigenvalue weighted by molar-refractivity contribution is 5.57. The monoisotopic (exact) mass is 424 g/mol. The number of nitrogens with zero attached hydrogens (tertiary/aromatic N) is 1. The lowest BCUT2D eigenvalue weighted by molar-refractivity contribution is 0.195. The molecule has 1 aliphatic heterocycles. The van der Waals surface area contributed by atoms with Gasteiger partial charge < -0.3 is 9.72 Å². The summed E-state index contributed by atoms with van der Waals surface area (Å²) in [5, 5.41) is 0. The normalized spacial score (nSPS) is 19.1. The van der Waals surface area contributed by atoms with Crippen LogP contribution in [0.25, 0.3) is 6.08 Å². The second-order valence-electron chi connectivity index (χ2n) is 8.99. The van der Waals surface area contributed by atoms with E-state index < -0.39 is 0 Å². The molecule has 2 heterocycles. The van der Waals surface area contributed by atoms with Crippen LogP contribution in [0, 0.1) is 17.7 Å². The summed E-state index contributed by atoms with van der Waals surface area (Å²) in [6, 6.07) is 8.58. The quantitative estimate of drug-likeness (QED) is 0.647. The Bertz CT molecular complexity index is 925. The molecule has 0 spiro atoms. The molecule has 1 aromatic heterocycles. The summed E-state index contributed by atoms with van der Waals surface area (Å²) in [6.07, 6.45) is 14.4. The van der Waals surface area contributed by atoms with Gasteiger partial charge in [0.1, 0.15) is 11.6 Å². The van der Waals surface area contributed by atoms with Crippen molar-refractivity contribution in [3.8, 4) is 5.75 Å². The molecule has 2 aromatic rings. The molecule has 0 bridgehead atoms. The van der Waals surface area contributed by atoms with Crippen LogP contribution in [-0.2, 0) is 6.54 Å². The van der Waals surface area contributed by atoms with Gasteiger partial charge in [-0.15, -0.1) is 0 Å². The number of hydrogen-bond acceptors (Lipinski definition) is 3. The molecule has 2 aliphatic rings. The van der Waals surface area contributed by atoms with Gasteiger partial charge in [-0.25, -0.2) is 4.39 Å². The number of allylic oxidation sites excluding steroid dienone is 1. The van der Waals surface area contributed by atoms with Crippen molar-refractivity contribution in [2.75, 3.05) is 19.7 Å². The Morgan fingerprint density at radius 3 is 2.68 bits per heavy atom. The van der Waals surface area contributed by atoms with Gasteiger partial charge in [-0.1, -0.05) is 37.5 Å². The van der Waals surface area contributed by atoms with E-state index in [1.807, 2.05) is 18.2 Å². The number of nitrogens with one attached hydrogen (secondary N) is 1. The first-order valence-electron chi connectivity index (χ1n) is 11.7. The van der Waals surface area contributed by atoms with Crippen molar-refractivity contribution in [3.05, 3.63) is 69.9 Å². The van der Waals surface area contributed by atoms with Gasteiger partial charge in [-0.05, 0) is 74.9 Å². The predicted molar refractivity (Wildman–Crippen MR) is 123 cm³/mol. The number of likely N-dealkylation sites (tertiary alicyclic amines) is 1. The molecule has 1 saturated carbocycles. The highest BCUT2D eigenvalue weighted by Gasteiger charge is 2.19. The van der Waals surface area contributed by atoms with Gasteiger partial charge in [0, 0.05) is 23.9 Å². The highest BCUT2D eigenvalue weighted by atomic mass is 19.1. The number of rotatable bonds is 7. The lowest BCUT2D eigenvalue weighted by Gasteiger charge is -2.30. The van der Waals surface area contributed by atoms with Gasteiger partial charge in [0.2, 0.25) is 0 Å². The van der Waals surface area contributed by atoms with Gasteiger partial charge in [0.25, 0.3) is 5.56 Å². The van der Waals surface area contributed by atoms with E-state index in [1.165, 1.54) is 38.2 Å². The molecule has 166 valence electrons. The van der Waals surface area contributed by atoms with Crippen LogP contribution in [0.2, 0.25) is 0 Å². The minimum atomic E-state index is -0.229. The Kier molecular flexibility index (Phi) is 7.57. The van der Waals surface area contributed by atoms with Crippen molar-refractivity contribution >= 4 is 6.08 Å². The summed E-state index contributed by atoms with van der Waals surface area (Å²) >= 11 is 0. The summed E-state index contributed by atoms with van der Waals surface area (Å²) in [7, 11) is 0. The second kappa shape index (κ2) is 10.8. The van der Waals surface area contributed by atoms with E-state index in [0.29, 0.717) is 18.4 Å². The third-order valence-corrected chi connectivity index (χ3v) is 6.64. The minimum absolute atomic E-state index is 0.00335. The summed E-state index contributed by atoms with van der Waals surface area (Å²) in [5.41, 5.74) is 1.64. The van der Waals surface area contributed by atoms with E-state index in [-0.39, 0.29) is 11.4 Å². The van der Waals surface area contributed by atoms with Crippen molar-refractivity contribution in [3.63, 3.8) is 0 Å². The third-order valence-electron chi connectivity index (χ3n) is 6.64. The maximum absolute atomic E-state index is 13.9. The van der Waals surface area contributed by atoms with Crippen LogP contribution < -0.4 is 10.3 Å². The van der Waals surface area contributed by atoms with Crippen molar-refractivity contribution in [2.24, 2.45) is 11.8 Å². The fraction of sp³-hybridized carbons (Fsp3) is 0.500. The molecule has 5 heteroatoms. The first-order valence-corrected chi connectivity index (χ1v) is 11.7. The number of pyridine rings is 1. The van der Waals surface area contributed by atoms with Crippen LogP contribution in [0.5, 0.6) is 5.75 Å². The number of aromatic amines is 1. The lowest BCUT2D eigenvalue weighted by Crippen LogP contribution is -2.34. The van der Waals surface area contributed by atoms with E-state index in [1.54, 1.807) is 18.3 Å². The molecule has 0 amide bonds. The maximum Gasteiger partial charge on any atom is 0.252 e. The van der Waals surface area contributed by atoms with Gasteiger partial charge in [-0.3, -0.25) is 9.69 Å². The Morgan fingerprint density at radius 2 is 1.90 bits per heavy atom. The Labute approximate surface area is 184 Å². The summed E-state index contributed by atoms with van der Waals surface area (Å²) in [6.45, 7) is 3.33. The molecule has 4 nitrogen and oxygen atoms in total. The Balaban J connectivity index is 1.31. The smallest absolute Gasteiger partial charge is 0.252 e. The number of aromatic nitrogens is 1. The predicted octanol–water partition coefficient (Wildman–Crippen LogP) is 5.40. The zero-order valence-electron chi connectivity index (χ0n) is 18.2. The highest BCUT2D eigenvalue weighted by Crippen LogP contribution is 2.28. The summed E-state index contributed by atoms with van der Waals surface area (Å²) in [4.78, 5) is 17.0. The van der Waals surface area contributed by atoms with Gasteiger partial charge >= 0.3 is 0 Å². The van der Waals surface area contributed by atoms with Crippen molar-refractivity contribution in [1.82, 2.24) is 9.88 Å². The molecule has 1 aliphatic carbocycles. The molecule has 4 rings (SSSR count). The van der Waals surface area contributed by atoms with Gasteiger partial charge in [-0.2, -0.15) is 0 Å². The molecule has 0 unspecified atom stereocenters. The van der Waals surface area contributed by atoms with Crippen molar-refractivity contribution in [1.29, 1.82) is 0 Å². The largest absolute Gasteiger partial charge is 0.493 e.